The van der Waals surface area contributed by atoms with Gasteiger partial charge in [0.1, 0.15) is 0 Å². The molecule has 0 fully saturated rings. The first-order valence-electron chi connectivity index (χ1n) is 9.68. The van der Waals surface area contributed by atoms with Gasteiger partial charge in [-0.15, -0.1) is 0 Å². The fourth-order valence-corrected chi connectivity index (χ4v) is 6.52. The topological polar surface area (TPSA) is 63.4 Å². The second kappa shape index (κ2) is 7.04. The second-order valence-corrected chi connectivity index (χ2v) is 10.1. The van der Waals surface area contributed by atoms with E-state index < -0.39 is 15.3 Å². The number of nitrogens with zero attached hydrogens (tertiary/aromatic N) is 1. The maximum Gasteiger partial charge on any atom is 0.270 e. The number of hydrogen-bond acceptors (Lipinski definition) is 2. The van der Waals surface area contributed by atoms with Crippen molar-refractivity contribution in [3.8, 4) is 11.1 Å². The van der Waals surface area contributed by atoms with Crippen molar-refractivity contribution in [1.29, 1.82) is 0 Å². The van der Waals surface area contributed by atoms with E-state index in [0.29, 0.717) is 17.0 Å². The zero-order valence-electron chi connectivity index (χ0n) is 16.2. The van der Waals surface area contributed by atoms with Gasteiger partial charge in [0, 0.05) is 10.5 Å². The highest BCUT2D eigenvalue weighted by Gasteiger charge is 2.35. The van der Waals surface area contributed by atoms with Gasteiger partial charge in [0.25, 0.3) is 11.1 Å². The molecule has 0 atom stereocenters. The van der Waals surface area contributed by atoms with Crippen LogP contribution in [0.5, 0.6) is 0 Å². The molecule has 148 valence electrons. The van der Waals surface area contributed by atoms with Crippen molar-refractivity contribution in [2.24, 2.45) is 5.73 Å². The van der Waals surface area contributed by atoms with Gasteiger partial charge in [-0.3, -0.25) is 9.59 Å². The highest BCUT2D eigenvalue weighted by molar-refractivity contribution is 8.49. The molecule has 3 aromatic rings. The summed E-state index contributed by atoms with van der Waals surface area (Å²) in [7, 11) is -2.18. The Kier molecular flexibility index (Phi) is 4.33. The first-order valence-corrected chi connectivity index (χ1v) is 11.4. The maximum atomic E-state index is 13.9. The number of rotatable bonds is 2. The van der Waals surface area contributed by atoms with E-state index in [-0.39, 0.29) is 5.91 Å². The monoisotopic (exact) mass is 412 g/mol. The number of para-hydroxylation sites is 1. The number of amides is 2. The Morgan fingerprint density at radius 3 is 2.20 bits per heavy atom. The summed E-state index contributed by atoms with van der Waals surface area (Å²) in [6.45, 7) is 0.477. The number of anilines is 1. The Morgan fingerprint density at radius 1 is 0.800 bits per heavy atom. The Balaban J connectivity index is 1.65. The second-order valence-electron chi connectivity index (χ2n) is 7.25. The molecule has 30 heavy (non-hydrogen) atoms. The molecule has 0 radical (unpaired) electrons. The molecule has 3 aromatic carbocycles. The van der Waals surface area contributed by atoms with Crippen LogP contribution in [0.3, 0.4) is 0 Å². The maximum absolute atomic E-state index is 13.9. The average Bonchev–Trinajstić information content (AvgIpc) is 3.29. The van der Waals surface area contributed by atoms with Crippen LogP contribution in [0.25, 0.3) is 11.1 Å². The molecule has 0 bridgehead atoms. The van der Waals surface area contributed by atoms with Crippen LogP contribution in [0.2, 0.25) is 0 Å². The fraction of sp³-hybridized carbons (Fsp3) is 0.0400. The van der Waals surface area contributed by atoms with Gasteiger partial charge in [-0.05, 0) is 40.1 Å². The molecular weight excluding hydrogens is 392 g/mol. The summed E-state index contributed by atoms with van der Waals surface area (Å²) in [4.78, 5) is 28.8. The van der Waals surface area contributed by atoms with Gasteiger partial charge in [-0.2, -0.15) is 0 Å². The van der Waals surface area contributed by atoms with Crippen LogP contribution in [0, 0.1) is 0 Å². The summed E-state index contributed by atoms with van der Waals surface area (Å²) >= 11 is 0. The Bertz CT molecular complexity index is 1230. The van der Waals surface area contributed by atoms with Crippen molar-refractivity contribution < 1.29 is 9.59 Å². The Hall–Kier alpha value is -3.57. The average molecular weight is 413 g/mol. The lowest BCUT2D eigenvalue weighted by Gasteiger charge is -2.34. The van der Waals surface area contributed by atoms with Gasteiger partial charge in [0.2, 0.25) is 0 Å². The lowest BCUT2D eigenvalue weighted by molar-refractivity contribution is 0.0982. The van der Waals surface area contributed by atoms with Gasteiger partial charge in [-0.25, -0.2) is 0 Å². The summed E-state index contributed by atoms with van der Waals surface area (Å²) in [6, 6.07) is 23.4. The highest BCUT2D eigenvalue weighted by Crippen LogP contribution is 2.62. The number of allylic oxidation sites excluding steroid dienone is 2. The number of primary amides is 1. The highest BCUT2D eigenvalue weighted by atomic mass is 32.3. The van der Waals surface area contributed by atoms with Gasteiger partial charge in [0.05, 0.1) is 17.8 Å². The van der Waals surface area contributed by atoms with Gasteiger partial charge in [-0.1, -0.05) is 76.8 Å². The van der Waals surface area contributed by atoms with Crippen LogP contribution in [-0.4, -0.2) is 11.1 Å². The third-order valence-electron chi connectivity index (χ3n) is 5.59. The van der Waals surface area contributed by atoms with E-state index in [0.717, 1.165) is 22.4 Å². The van der Waals surface area contributed by atoms with Crippen LogP contribution in [-0.2, 0) is 6.54 Å². The van der Waals surface area contributed by atoms with E-state index in [1.54, 1.807) is 11.0 Å². The third kappa shape index (κ3) is 2.70. The van der Waals surface area contributed by atoms with Crippen LogP contribution in [0.4, 0.5) is 10.5 Å². The van der Waals surface area contributed by atoms with Crippen molar-refractivity contribution in [1.82, 2.24) is 0 Å². The number of nitrogens with two attached hydrogens (primary N) is 1. The minimum atomic E-state index is -2.18. The Morgan fingerprint density at radius 2 is 1.43 bits per heavy atom. The Labute approximate surface area is 176 Å². The van der Waals surface area contributed by atoms with E-state index in [4.69, 9.17) is 5.73 Å². The molecule has 2 amide bonds. The van der Waals surface area contributed by atoms with Crippen molar-refractivity contribution in [3.05, 3.63) is 107 Å². The fourth-order valence-electron chi connectivity index (χ4n) is 4.15. The zero-order valence-corrected chi connectivity index (χ0v) is 17.0. The van der Waals surface area contributed by atoms with E-state index in [1.807, 2.05) is 77.6 Å². The first kappa shape index (κ1) is 18.5. The van der Waals surface area contributed by atoms with Crippen molar-refractivity contribution in [2.45, 2.75) is 11.4 Å². The number of fused-ring (bicyclic) bond motifs is 3. The van der Waals surface area contributed by atoms with Gasteiger partial charge >= 0.3 is 0 Å². The lowest BCUT2D eigenvalue weighted by atomic mass is 9.93. The van der Waals surface area contributed by atoms with Crippen LogP contribution < -0.4 is 10.6 Å². The minimum absolute atomic E-state index is 0.130. The summed E-state index contributed by atoms with van der Waals surface area (Å²) < 4.78 is 0. The number of carbonyl (C=O) groups is 2. The summed E-state index contributed by atoms with van der Waals surface area (Å²) in [5, 5.41) is 3.25. The molecule has 0 spiro atoms. The van der Waals surface area contributed by atoms with Crippen LogP contribution >= 0.6 is 10.0 Å². The first-order chi connectivity index (χ1) is 14.6. The largest absolute Gasteiger partial charge is 0.361 e. The molecule has 0 unspecified atom stereocenters. The molecular formula is C25H20N2O2S. The molecule has 0 aliphatic carbocycles. The summed E-state index contributed by atoms with van der Waals surface area (Å²) in [5.74, 6) is -0.130. The van der Waals surface area contributed by atoms with Gasteiger partial charge in [0.15, 0.2) is 0 Å². The molecule has 5 heteroatoms. The minimum Gasteiger partial charge on any atom is -0.361 e. The van der Waals surface area contributed by atoms with Crippen molar-refractivity contribution in [2.75, 3.05) is 4.90 Å². The third-order valence-corrected chi connectivity index (χ3v) is 8.51. The zero-order chi connectivity index (χ0) is 20.7. The molecule has 5 rings (SSSR count). The lowest BCUT2D eigenvalue weighted by Crippen LogP contribution is -2.34. The molecule has 0 saturated heterocycles. The molecule has 2 aliphatic heterocycles. The standard InChI is InChI=1S/C25H20N2O2S/c26-25(29)30(15-7-8-16-30)23-14-6-4-12-21(23)24(28)27-17-18-9-1-2-10-19(18)20-11-3-5-13-22(20)27/h1-16H,17H2,(H2,26,29). The predicted molar refractivity (Wildman–Crippen MR) is 123 cm³/mol. The molecule has 2 aliphatic rings. The van der Waals surface area contributed by atoms with E-state index >= 15 is 0 Å². The number of benzene rings is 3. The van der Waals surface area contributed by atoms with Crippen LogP contribution in [0.15, 0.2) is 101 Å². The number of carbonyl (C=O) groups excluding carboxylic acids is 2. The van der Waals surface area contributed by atoms with Crippen molar-refractivity contribution >= 4 is 26.9 Å². The molecule has 2 N–H and O–H groups in total. The normalized spacial score (nSPS) is 16.6. The molecule has 4 nitrogen and oxygen atoms in total. The molecule has 0 saturated carbocycles. The van der Waals surface area contributed by atoms with E-state index in [9.17, 15) is 9.59 Å². The summed E-state index contributed by atoms with van der Waals surface area (Å²) in [6.07, 6.45) is 3.65. The van der Waals surface area contributed by atoms with Crippen molar-refractivity contribution in [3.63, 3.8) is 0 Å². The molecule has 2 heterocycles. The smallest absolute Gasteiger partial charge is 0.270 e. The van der Waals surface area contributed by atoms with Gasteiger partial charge < -0.3 is 10.6 Å². The number of hydrogen-bond donors (Lipinski definition) is 1. The quantitative estimate of drug-likeness (QED) is 0.578. The van der Waals surface area contributed by atoms with E-state index in [2.05, 4.69) is 12.1 Å². The summed E-state index contributed by atoms with van der Waals surface area (Å²) in [5.41, 5.74) is 10.5. The van der Waals surface area contributed by atoms with Crippen LogP contribution in [0.1, 0.15) is 15.9 Å². The van der Waals surface area contributed by atoms with E-state index in [1.165, 1.54) is 0 Å². The molecule has 0 aromatic heterocycles. The SMILES string of the molecule is NC(=O)S1(c2ccccc2C(=O)N2Cc3ccccc3-c3ccccc32)C=CC=C1. The predicted octanol–water partition coefficient (Wildman–Crippen LogP) is 5.80.